The maximum absolute atomic E-state index is 3.38. The molecule has 100 valence electrons. The van der Waals surface area contributed by atoms with E-state index < -0.39 is 0 Å². The zero-order valence-electron chi connectivity index (χ0n) is 12.5. The molecule has 1 aliphatic rings. The minimum absolute atomic E-state index is 0.178. The van der Waals surface area contributed by atoms with E-state index in [9.17, 15) is 0 Å². The van der Waals surface area contributed by atoms with Crippen molar-refractivity contribution in [2.24, 2.45) is 0 Å². The summed E-state index contributed by atoms with van der Waals surface area (Å²) in [4.78, 5) is 0. The maximum atomic E-state index is 3.38. The van der Waals surface area contributed by atoms with E-state index in [0.29, 0.717) is 0 Å². The normalized spacial score (nSPS) is 13.3. The first kappa shape index (κ1) is 13.0. The van der Waals surface area contributed by atoms with Gasteiger partial charge in [0, 0.05) is 11.1 Å². The van der Waals surface area contributed by atoms with Gasteiger partial charge in [0.25, 0.3) is 0 Å². The highest BCUT2D eigenvalue weighted by Crippen LogP contribution is 2.26. The number of hydrogen-bond acceptors (Lipinski definition) is 0. The van der Waals surface area contributed by atoms with Gasteiger partial charge in [0.05, 0.1) is 0 Å². The Bertz CT molecular complexity index is 703. The molecule has 1 aliphatic carbocycles. The molecular weight excluding hydrogens is 240 g/mol. The van der Waals surface area contributed by atoms with E-state index in [1.54, 1.807) is 0 Å². The fourth-order valence-electron chi connectivity index (χ4n) is 2.64. The van der Waals surface area contributed by atoms with Crippen LogP contribution in [0.4, 0.5) is 0 Å². The van der Waals surface area contributed by atoms with Crippen LogP contribution in [-0.2, 0) is 18.3 Å². The Morgan fingerprint density at radius 3 is 2.20 bits per heavy atom. The van der Waals surface area contributed by atoms with Gasteiger partial charge in [-0.15, -0.1) is 0 Å². The van der Waals surface area contributed by atoms with E-state index in [1.807, 2.05) is 0 Å². The van der Waals surface area contributed by atoms with Crippen LogP contribution in [0.2, 0.25) is 0 Å². The van der Waals surface area contributed by atoms with Crippen molar-refractivity contribution in [1.82, 2.24) is 0 Å². The summed E-state index contributed by atoms with van der Waals surface area (Å²) in [6.07, 6.45) is 2.15. The average Bonchev–Trinajstić information content (AvgIpc) is 2.40. The first-order chi connectivity index (χ1) is 9.54. The molecule has 2 aromatic carbocycles. The molecule has 3 rings (SSSR count). The summed E-state index contributed by atoms with van der Waals surface area (Å²) in [5, 5.41) is 0. The van der Waals surface area contributed by atoms with Gasteiger partial charge in [-0.25, -0.2) is 0 Å². The van der Waals surface area contributed by atoms with Crippen molar-refractivity contribution in [3.05, 3.63) is 70.3 Å². The fraction of sp³-hybridized carbons (Fsp3) is 0.300. The van der Waals surface area contributed by atoms with Gasteiger partial charge in [0.1, 0.15) is 0 Å². The van der Waals surface area contributed by atoms with Gasteiger partial charge < -0.3 is 0 Å². The Hall–Kier alpha value is -2.00. The third-order valence-electron chi connectivity index (χ3n) is 3.99. The largest absolute Gasteiger partial charge is 0.0619 e. The van der Waals surface area contributed by atoms with E-state index in [4.69, 9.17) is 0 Å². The molecule has 0 saturated carbocycles. The SMILES string of the molecule is CC(C)(C)c1ccc2c(c1)C#Cc1ccccc1CC2. The highest BCUT2D eigenvalue weighted by molar-refractivity contribution is 5.52. The molecule has 0 unspecified atom stereocenters. The zero-order chi connectivity index (χ0) is 14.2. The second-order valence-electron chi connectivity index (χ2n) is 6.53. The van der Waals surface area contributed by atoms with E-state index in [1.165, 1.54) is 27.8 Å². The molecule has 0 amide bonds. The van der Waals surface area contributed by atoms with Gasteiger partial charge in [-0.1, -0.05) is 62.9 Å². The second kappa shape index (κ2) is 4.84. The average molecular weight is 260 g/mol. The number of fused-ring (bicyclic) bond motifs is 2. The van der Waals surface area contributed by atoms with Gasteiger partial charge in [-0.2, -0.15) is 0 Å². The summed E-state index contributed by atoms with van der Waals surface area (Å²) in [6, 6.07) is 15.3. The van der Waals surface area contributed by atoms with Crippen LogP contribution >= 0.6 is 0 Å². The third kappa shape index (κ3) is 2.49. The van der Waals surface area contributed by atoms with Crippen LogP contribution in [0.25, 0.3) is 0 Å². The monoisotopic (exact) mass is 260 g/mol. The lowest BCUT2D eigenvalue weighted by molar-refractivity contribution is 0.589. The van der Waals surface area contributed by atoms with Crippen molar-refractivity contribution in [2.45, 2.75) is 39.0 Å². The van der Waals surface area contributed by atoms with Gasteiger partial charge in [0.2, 0.25) is 0 Å². The number of rotatable bonds is 0. The topological polar surface area (TPSA) is 0 Å². The lowest BCUT2D eigenvalue weighted by atomic mass is 9.84. The van der Waals surface area contributed by atoms with E-state index >= 15 is 0 Å². The standard InChI is InChI=1S/C20H20/c1-20(2,3)19-13-12-17-9-8-15-6-4-5-7-16(15)10-11-18(17)14-19/h4-7,12-14H,8-9H2,1-3H3. The Kier molecular flexibility index (Phi) is 3.14. The molecule has 2 aromatic rings. The van der Waals surface area contributed by atoms with Crippen molar-refractivity contribution in [2.75, 3.05) is 0 Å². The summed E-state index contributed by atoms with van der Waals surface area (Å²) in [5.74, 6) is 6.73. The summed E-state index contributed by atoms with van der Waals surface area (Å²) in [6.45, 7) is 6.75. The quantitative estimate of drug-likeness (QED) is 0.613. The maximum Gasteiger partial charge on any atom is 0.0284 e. The Labute approximate surface area is 121 Å². The molecule has 0 heterocycles. The van der Waals surface area contributed by atoms with E-state index in [2.05, 4.69) is 75.1 Å². The smallest absolute Gasteiger partial charge is 0.0284 e. The molecule has 0 fully saturated rings. The molecule has 0 saturated heterocycles. The Balaban J connectivity index is 2.10. The van der Waals surface area contributed by atoms with Crippen molar-refractivity contribution in [1.29, 1.82) is 0 Å². The lowest BCUT2D eigenvalue weighted by Crippen LogP contribution is -2.12. The highest BCUT2D eigenvalue weighted by Gasteiger charge is 2.15. The van der Waals surface area contributed by atoms with E-state index in [0.717, 1.165) is 12.8 Å². The van der Waals surface area contributed by atoms with Gasteiger partial charge >= 0.3 is 0 Å². The molecule has 0 aliphatic heterocycles. The van der Waals surface area contributed by atoms with Crippen LogP contribution in [0.5, 0.6) is 0 Å². The number of aryl methyl sites for hydroxylation is 2. The van der Waals surface area contributed by atoms with Crippen LogP contribution in [0.15, 0.2) is 42.5 Å². The third-order valence-corrected chi connectivity index (χ3v) is 3.99. The number of benzene rings is 2. The molecule has 0 nitrogen and oxygen atoms in total. The molecule has 0 N–H and O–H groups in total. The van der Waals surface area contributed by atoms with Crippen molar-refractivity contribution in [3.8, 4) is 11.8 Å². The molecule has 0 atom stereocenters. The van der Waals surface area contributed by atoms with Crippen LogP contribution in [0.1, 0.15) is 48.6 Å². The summed E-state index contributed by atoms with van der Waals surface area (Å²) in [7, 11) is 0. The molecule has 0 aromatic heterocycles. The molecule has 0 heteroatoms. The van der Waals surface area contributed by atoms with Gasteiger partial charge in [-0.3, -0.25) is 0 Å². The molecule has 0 bridgehead atoms. The lowest BCUT2D eigenvalue weighted by Gasteiger charge is -2.20. The van der Waals surface area contributed by atoms with Crippen molar-refractivity contribution < 1.29 is 0 Å². The predicted octanol–water partition coefficient (Wildman–Crippen LogP) is 4.48. The van der Waals surface area contributed by atoms with Crippen molar-refractivity contribution >= 4 is 0 Å². The van der Waals surface area contributed by atoms with Crippen LogP contribution in [-0.4, -0.2) is 0 Å². The first-order valence-electron chi connectivity index (χ1n) is 7.27. The number of hydrogen-bond donors (Lipinski definition) is 0. The summed E-state index contributed by atoms with van der Waals surface area (Å²) < 4.78 is 0. The van der Waals surface area contributed by atoms with Crippen molar-refractivity contribution in [3.63, 3.8) is 0 Å². The van der Waals surface area contributed by atoms with Gasteiger partial charge in [-0.05, 0) is 47.1 Å². The van der Waals surface area contributed by atoms with E-state index in [-0.39, 0.29) is 5.41 Å². The minimum atomic E-state index is 0.178. The summed E-state index contributed by atoms with van der Waals surface area (Å²) in [5.41, 5.74) is 6.66. The Morgan fingerprint density at radius 2 is 1.45 bits per heavy atom. The van der Waals surface area contributed by atoms with Crippen LogP contribution in [0, 0.1) is 11.8 Å². The first-order valence-corrected chi connectivity index (χ1v) is 7.27. The zero-order valence-corrected chi connectivity index (χ0v) is 12.5. The predicted molar refractivity (Wildman–Crippen MR) is 85.0 cm³/mol. The van der Waals surface area contributed by atoms with Gasteiger partial charge in [0.15, 0.2) is 0 Å². The molecule has 0 spiro atoms. The molecular formula is C20H20. The minimum Gasteiger partial charge on any atom is -0.0619 e. The second-order valence-corrected chi connectivity index (χ2v) is 6.53. The molecule has 0 radical (unpaired) electrons. The Morgan fingerprint density at radius 1 is 0.800 bits per heavy atom. The summed E-state index contributed by atoms with van der Waals surface area (Å²) >= 11 is 0. The highest BCUT2D eigenvalue weighted by atomic mass is 14.2. The van der Waals surface area contributed by atoms with Crippen LogP contribution in [0.3, 0.4) is 0 Å². The fourth-order valence-corrected chi connectivity index (χ4v) is 2.64. The molecule has 20 heavy (non-hydrogen) atoms. The van der Waals surface area contributed by atoms with Crippen LogP contribution < -0.4 is 0 Å².